The smallest absolute Gasteiger partial charge is 0.274 e. The molecule has 2 aromatic heterocycles. The van der Waals surface area contributed by atoms with Crippen LogP contribution in [0.4, 0.5) is 5.82 Å². The fourth-order valence-electron chi connectivity index (χ4n) is 3.05. The van der Waals surface area contributed by atoms with Gasteiger partial charge in [0.1, 0.15) is 35.9 Å². The average molecular weight is 477 g/mol. The van der Waals surface area contributed by atoms with Crippen LogP contribution in [0.5, 0.6) is 0 Å². The molecule has 0 bridgehead atoms. The summed E-state index contributed by atoms with van der Waals surface area (Å²) in [6.07, 6.45) is -0.477. The number of carbonyl (C=O) groups is 1. The number of hydrogen-bond acceptors (Lipinski definition) is 13. The second-order valence-corrected chi connectivity index (χ2v) is 9.60. The number of nitrogens with zero attached hydrogens (tertiary/aromatic N) is 4. The lowest BCUT2D eigenvalue weighted by Gasteiger charge is -2.16. The normalized spacial score (nSPS) is 25.2. The number of anilines is 1. The molecule has 3 rings (SSSR count). The van der Waals surface area contributed by atoms with Gasteiger partial charge in [-0.05, 0) is 18.4 Å². The number of aliphatic hydroxyl groups is 2. The van der Waals surface area contributed by atoms with Gasteiger partial charge >= 0.3 is 0 Å². The predicted octanol–water partition coefficient (Wildman–Crippen LogP) is -1.98. The molecule has 0 aliphatic carbocycles. The van der Waals surface area contributed by atoms with Crippen molar-refractivity contribution in [2.45, 2.75) is 37.0 Å². The number of thioether (sulfide) groups is 1. The Kier molecular flexibility index (Phi) is 7.46. The summed E-state index contributed by atoms with van der Waals surface area (Å²) in [5, 5.41) is 20.7. The summed E-state index contributed by atoms with van der Waals surface area (Å²) in [5.41, 5.74) is 12.0. The molecule has 15 heteroatoms. The standard InChI is InChI=1S/C16H24N6O7S2/c1-30-3-2-8(17)9(23)5-31(26,27)28-4-10-12(24)13(25)16(29-10)22-7-21-11-14(18)19-6-20-15(11)22/h6-8,10,12-13,16,24-25H,2-5,17H2,1H3,(H2,18,19,20)/t8-,10+,12-,13+,16+/m0/s1. The molecule has 0 amide bonds. The summed E-state index contributed by atoms with van der Waals surface area (Å²) in [7, 11) is -4.26. The van der Waals surface area contributed by atoms with E-state index >= 15 is 0 Å². The van der Waals surface area contributed by atoms with Gasteiger partial charge in [-0.15, -0.1) is 0 Å². The van der Waals surface area contributed by atoms with Crippen LogP contribution in [0.2, 0.25) is 0 Å². The van der Waals surface area contributed by atoms with Gasteiger partial charge in [0.05, 0.1) is 19.0 Å². The number of imidazole rings is 1. The molecule has 31 heavy (non-hydrogen) atoms. The van der Waals surface area contributed by atoms with Crippen LogP contribution in [0.3, 0.4) is 0 Å². The third kappa shape index (κ3) is 5.31. The maximum absolute atomic E-state index is 12.1. The second kappa shape index (κ2) is 9.72. The summed E-state index contributed by atoms with van der Waals surface area (Å²) >= 11 is 1.49. The summed E-state index contributed by atoms with van der Waals surface area (Å²) in [4.78, 5) is 23.9. The second-order valence-electron chi connectivity index (χ2n) is 6.97. The van der Waals surface area contributed by atoms with Gasteiger partial charge in [0.2, 0.25) is 0 Å². The van der Waals surface area contributed by atoms with Crippen molar-refractivity contribution in [2.75, 3.05) is 30.1 Å². The summed E-state index contributed by atoms with van der Waals surface area (Å²) in [5.74, 6) is -0.806. The molecule has 0 radical (unpaired) electrons. The molecule has 1 fully saturated rings. The number of ketones is 1. The van der Waals surface area contributed by atoms with Crippen molar-refractivity contribution < 1.29 is 32.3 Å². The number of aromatic nitrogens is 4. The Morgan fingerprint density at radius 3 is 2.81 bits per heavy atom. The monoisotopic (exact) mass is 476 g/mol. The van der Waals surface area contributed by atoms with Crippen LogP contribution in [-0.2, 0) is 23.8 Å². The van der Waals surface area contributed by atoms with Gasteiger partial charge in [0.25, 0.3) is 10.1 Å². The number of nitrogens with two attached hydrogens (primary N) is 2. The van der Waals surface area contributed by atoms with Crippen LogP contribution in [0, 0.1) is 0 Å². The number of fused-ring (bicyclic) bond motifs is 1. The molecule has 3 heterocycles. The van der Waals surface area contributed by atoms with E-state index in [1.807, 2.05) is 6.26 Å². The molecule has 1 aliphatic heterocycles. The van der Waals surface area contributed by atoms with Crippen molar-refractivity contribution in [1.29, 1.82) is 0 Å². The first-order valence-corrected chi connectivity index (χ1v) is 12.2. The highest BCUT2D eigenvalue weighted by Gasteiger charge is 2.45. The van der Waals surface area contributed by atoms with Crippen LogP contribution in [0.15, 0.2) is 12.7 Å². The molecule has 0 saturated carbocycles. The first kappa shape index (κ1) is 23.8. The highest BCUT2D eigenvalue weighted by atomic mass is 32.2. The van der Waals surface area contributed by atoms with Crippen molar-refractivity contribution >= 4 is 44.6 Å². The maximum atomic E-state index is 12.1. The Bertz CT molecular complexity index is 1030. The van der Waals surface area contributed by atoms with Crippen LogP contribution >= 0.6 is 11.8 Å². The molecular formula is C16H24N6O7S2. The Morgan fingerprint density at radius 1 is 1.35 bits per heavy atom. The topological polar surface area (TPSA) is 206 Å². The minimum absolute atomic E-state index is 0.128. The van der Waals surface area contributed by atoms with E-state index in [1.165, 1.54) is 29.0 Å². The molecular weight excluding hydrogens is 452 g/mol. The van der Waals surface area contributed by atoms with Crippen LogP contribution in [0.25, 0.3) is 11.2 Å². The van der Waals surface area contributed by atoms with Crippen molar-refractivity contribution in [2.24, 2.45) is 5.73 Å². The van der Waals surface area contributed by atoms with E-state index in [-0.39, 0.29) is 17.0 Å². The van der Waals surface area contributed by atoms with Crippen molar-refractivity contribution in [1.82, 2.24) is 19.5 Å². The van der Waals surface area contributed by atoms with E-state index < -0.39 is 58.8 Å². The van der Waals surface area contributed by atoms with Gasteiger partial charge in [-0.25, -0.2) is 15.0 Å². The van der Waals surface area contributed by atoms with Crippen molar-refractivity contribution in [3.05, 3.63) is 12.7 Å². The van der Waals surface area contributed by atoms with Gasteiger partial charge in [-0.2, -0.15) is 20.2 Å². The van der Waals surface area contributed by atoms with Crippen LogP contribution < -0.4 is 11.5 Å². The summed E-state index contributed by atoms with van der Waals surface area (Å²) < 4.78 is 36.1. The summed E-state index contributed by atoms with van der Waals surface area (Å²) in [6.45, 7) is -0.603. The van der Waals surface area contributed by atoms with Gasteiger partial charge in [-0.3, -0.25) is 13.5 Å². The number of carbonyl (C=O) groups excluding carboxylic acids is 1. The van der Waals surface area contributed by atoms with Gasteiger partial charge < -0.3 is 26.4 Å². The van der Waals surface area contributed by atoms with Crippen LogP contribution in [-0.4, -0.2) is 92.7 Å². The summed E-state index contributed by atoms with van der Waals surface area (Å²) in [6, 6.07) is -0.908. The quantitative estimate of drug-likeness (QED) is 0.275. The molecule has 1 aliphatic rings. The molecule has 13 nitrogen and oxygen atoms in total. The minimum atomic E-state index is -4.26. The lowest BCUT2D eigenvalue weighted by atomic mass is 10.1. The first-order chi connectivity index (χ1) is 14.6. The number of Topliss-reactive ketones (excluding diaryl/α,β-unsaturated/α-hetero) is 1. The van der Waals surface area contributed by atoms with E-state index in [1.54, 1.807) is 0 Å². The lowest BCUT2D eigenvalue weighted by Crippen LogP contribution is -2.38. The van der Waals surface area contributed by atoms with Gasteiger partial charge in [-0.1, -0.05) is 0 Å². The van der Waals surface area contributed by atoms with Crippen molar-refractivity contribution in [3.8, 4) is 0 Å². The molecule has 0 aromatic carbocycles. The van der Waals surface area contributed by atoms with E-state index in [9.17, 15) is 23.4 Å². The van der Waals surface area contributed by atoms with Crippen molar-refractivity contribution in [3.63, 3.8) is 0 Å². The highest BCUT2D eigenvalue weighted by Crippen LogP contribution is 2.32. The fourth-order valence-corrected chi connectivity index (χ4v) is 4.53. The highest BCUT2D eigenvalue weighted by molar-refractivity contribution is 7.98. The number of rotatable bonds is 10. The number of ether oxygens (including phenoxy) is 1. The first-order valence-electron chi connectivity index (χ1n) is 9.23. The molecule has 5 atom stereocenters. The molecule has 0 spiro atoms. The Balaban J connectivity index is 1.64. The predicted molar refractivity (Wildman–Crippen MR) is 111 cm³/mol. The maximum Gasteiger partial charge on any atom is 0.274 e. The average Bonchev–Trinajstić information content (AvgIpc) is 3.27. The number of aliphatic hydroxyl groups excluding tert-OH is 2. The number of nitrogen functional groups attached to an aromatic ring is 1. The molecule has 1 saturated heterocycles. The molecule has 0 unspecified atom stereocenters. The Morgan fingerprint density at radius 2 is 2.10 bits per heavy atom. The zero-order valence-corrected chi connectivity index (χ0v) is 18.2. The minimum Gasteiger partial charge on any atom is -0.387 e. The Labute approximate surface area is 182 Å². The van der Waals surface area contributed by atoms with E-state index in [2.05, 4.69) is 15.0 Å². The fraction of sp³-hybridized carbons (Fsp3) is 0.625. The van der Waals surface area contributed by atoms with Gasteiger partial charge in [0, 0.05) is 0 Å². The third-order valence-corrected chi connectivity index (χ3v) is 6.55. The van der Waals surface area contributed by atoms with Crippen LogP contribution in [0.1, 0.15) is 12.6 Å². The van der Waals surface area contributed by atoms with Gasteiger partial charge in [0.15, 0.2) is 23.5 Å². The van der Waals surface area contributed by atoms with E-state index in [0.717, 1.165) is 0 Å². The molecule has 6 N–H and O–H groups in total. The zero-order valence-electron chi connectivity index (χ0n) is 16.6. The lowest BCUT2D eigenvalue weighted by molar-refractivity contribution is -0.118. The molecule has 172 valence electrons. The Hall–Kier alpha value is -1.88. The third-order valence-electron chi connectivity index (χ3n) is 4.78. The zero-order chi connectivity index (χ0) is 22.8. The molecule has 2 aromatic rings. The largest absolute Gasteiger partial charge is 0.387 e. The van der Waals surface area contributed by atoms with E-state index in [4.69, 9.17) is 20.4 Å². The number of hydrogen-bond donors (Lipinski definition) is 4. The SMILES string of the molecule is CSCC[C@H](N)C(=O)CS(=O)(=O)OC[C@H]1O[C@@H](n2cnc3c(N)ncnc32)[C@H](O)[C@H]1O. The van der Waals surface area contributed by atoms with E-state index in [0.29, 0.717) is 12.2 Å².